The van der Waals surface area contributed by atoms with Crippen LogP contribution < -0.4 is 0 Å². The number of carbonyl (C=O) groups excluding carboxylic acids is 1. The Morgan fingerprint density at radius 1 is 1.67 bits per heavy atom. The van der Waals surface area contributed by atoms with Crippen molar-refractivity contribution in [2.45, 2.75) is 25.5 Å². The van der Waals surface area contributed by atoms with Crippen LogP contribution in [0.2, 0.25) is 0 Å². The van der Waals surface area contributed by atoms with Crippen molar-refractivity contribution in [3.05, 3.63) is 0 Å². The van der Waals surface area contributed by atoms with Gasteiger partial charge in [-0.25, -0.2) is 4.79 Å². The predicted molar refractivity (Wildman–Crippen MR) is 46.4 cm³/mol. The van der Waals surface area contributed by atoms with Gasteiger partial charge in [-0.3, -0.25) is 0 Å². The molecule has 0 radical (unpaired) electrons. The minimum absolute atomic E-state index is 0. The fourth-order valence-corrected chi connectivity index (χ4v) is 1.37. The Hall–Kier alpha value is -0.480. The van der Waals surface area contributed by atoms with Crippen LogP contribution >= 0.6 is 12.4 Å². The lowest BCUT2D eigenvalue weighted by molar-refractivity contribution is 0.114. The highest BCUT2D eigenvalue weighted by molar-refractivity contribution is 5.85. The summed E-state index contributed by atoms with van der Waals surface area (Å²) in [5, 5.41) is 9.16. The maximum atomic E-state index is 11.0. The summed E-state index contributed by atoms with van der Waals surface area (Å²) >= 11 is 0. The standard InChI is InChI=1S/C7H13NO3.ClH/c1-5-3-6(9)4-8(5)7(10)11-2;/h5-6,9H,3-4H2,1-2H3;1H/t5-,6?;/m1./s1. The normalized spacial score (nSPS) is 28.1. The summed E-state index contributed by atoms with van der Waals surface area (Å²) in [6.45, 7) is 2.29. The lowest BCUT2D eigenvalue weighted by Crippen LogP contribution is -2.34. The minimum atomic E-state index is -0.385. The van der Waals surface area contributed by atoms with E-state index in [9.17, 15) is 4.79 Å². The van der Waals surface area contributed by atoms with Crippen LogP contribution in [0.4, 0.5) is 4.79 Å². The molecule has 4 nitrogen and oxygen atoms in total. The van der Waals surface area contributed by atoms with Gasteiger partial charge in [-0.1, -0.05) is 0 Å². The van der Waals surface area contributed by atoms with E-state index in [1.54, 1.807) is 0 Å². The smallest absolute Gasteiger partial charge is 0.409 e. The van der Waals surface area contributed by atoms with Gasteiger partial charge in [0.05, 0.1) is 19.8 Å². The quantitative estimate of drug-likeness (QED) is 0.617. The summed E-state index contributed by atoms with van der Waals surface area (Å²) in [6.07, 6.45) is -0.0899. The van der Waals surface area contributed by atoms with E-state index < -0.39 is 0 Å². The Morgan fingerprint density at radius 2 is 2.25 bits per heavy atom. The fourth-order valence-electron chi connectivity index (χ4n) is 1.37. The van der Waals surface area contributed by atoms with Gasteiger partial charge in [-0.15, -0.1) is 12.4 Å². The first kappa shape index (κ1) is 11.5. The Balaban J connectivity index is 0.00000121. The highest BCUT2D eigenvalue weighted by Gasteiger charge is 2.31. The maximum absolute atomic E-state index is 11.0. The minimum Gasteiger partial charge on any atom is -0.453 e. The molecule has 1 aliphatic rings. The van der Waals surface area contributed by atoms with Crippen LogP contribution in [0.1, 0.15) is 13.3 Å². The summed E-state index contributed by atoms with van der Waals surface area (Å²) in [5.41, 5.74) is 0. The number of amides is 1. The molecule has 5 heteroatoms. The largest absolute Gasteiger partial charge is 0.453 e. The van der Waals surface area contributed by atoms with Crippen molar-refractivity contribution < 1.29 is 14.6 Å². The third-order valence-corrected chi connectivity index (χ3v) is 1.96. The first-order valence-electron chi connectivity index (χ1n) is 3.67. The molecule has 2 atom stereocenters. The second-order valence-electron chi connectivity index (χ2n) is 2.86. The molecular formula is C7H14ClNO3. The molecule has 1 unspecified atom stereocenters. The fraction of sp³-hybridized carbons (Fsp3) is 0.857. The average molecular weight is 196 g/mol. The van der Waals surface area contributed by atoms with E-state index in [2.05, 4.69) is 4.74 Å². The number of methoxy groups -OCH3 is 1. The lowest BCUT2D eigenvalue weighted by Gasteiger charge is -2.18. The summed E-state index contributed by atoms with van der Waals surface area (Å²) in [6, 6.07) is 0.0949. The maximum Gasteiger partial charge on any atom is 0.409 e. The Morgan fingerprint density at radius 3 is 2.58 bits per heavy atom. The molecule has 0 spiro atoms. The van der Waals surface area contributed by atoms with E-state index in [0.717, 1.165) is 0 Å². The van der Waals surface area contributed by atoms with Gasteiger partial charge >= 0.3 is 6.09 Å². The summed E-state index contributed by atoms with van der Waals surface area (Å²) in [5.74, 6) is 0. The number of hydrogen-bond donors (Lipinski definition) is 1. The SMILES string of the molecule is COC(=O)N1CC(O)C[C@H]1C.Cl. The number of aliphatic hydroxyl groups excluding tert-OH is 1. The van der Waals surface area contributed by atoms with E-state index in [4.69, 9.17) is 5.11 Å². The van der Waals surface area contributed by atoms with Crippen LogP contribution in [0.15, 0.2) is 0 Å². The van der Waals surface area contributed by atoms with Crippen molar-refractivity contribution in [1.82, 2.24) is 4.90 Å². The van der Waals surface area contributed by atoms with Crippen molar-refractivity contribution in [1.29, 1.82) is 0 Å². The van der Waals surface area contributed by atoms with Gasteiger partial charge in [0.25, 0.3) is 0 Å². The number of carbonyl (C=O) groups is 1. The zero-order valence-electron chi connectivity index (χ0n) is 7.19. The van der Waals surface area contributed by atoms with Gasteiger partial charge < -0.3 is 14.7 Å². The van der Waals surface area contributed by atoms with Gasteiger partial charge in [0.15, 0.2) is 0 Å². The first-order valence-corrected chi connectivity index (χ1v) is 3.67. The van der Waals surface area contributed by atoms with Crippen molar-refractivity contribution in [3.63, 3.8) is 0 Å². The molecule has 0 bridgehead atoms. The zero-order chi connectivity index (χ0) is 8.43. The molecule has 1 aliphatic heterocycles. The number of halogens is 1. The molecule has 72 valence electrons. The molecule has 1 heterocycles. The van der Waals surface area contributed by atoms with Crippen molar-refractivity contribution in [3.8, 4) is 0 Å². The Bertz CT molecular complexity index is 165. The number of likely N-dealkylation sites (tertiary alicyclic amines) is 1. The summed E-state index contributed by atoms with van der Waals surface area (Å²) < 4.78 is 4.53. The van der Waals surface area contributed by atoms with Gasteiger partial charge in [0.1, 0.15) is 0 Å². The number of ether oxygens (including phenoxy) is 1. The van der Waals surface area contributed by atoms with Crippen molar-refractivity contribution in [2.24, 2.45) is 0 Å². The Labute approximate surface area is 77.9 Å². The van der Waals surface area contributed by atoms with Crippen LogP contribution in [0.25, 0.3) is 0 Å². The van der Waals surface area contributed by atoms with Gasteiger partial charge in [-0.05, 0) is 13.3 Å². The molecule has 1 rings (SSSR count). The van der Waals surface area contributed by atoms with Gasteiger partial charge in [-0.2, -0.15) is 0 Å². The van der Waals surface area contributed by atoms with E-state index in [-0.39, 0.29) is 30.6 Å². The van der Waals surface area contributed by atoms with Crippen LogP contribution in [0.3, 0.4) is 0 Å². The van der Waals surface area contributed by atoms with Crippen molar-refractivity contribution >= 4 is 18.5 Å². The zero-order valence-corrected chi connectivity index (χ0v) is 8.00. The van der Waals surface area contributed by atoms with Crippen LogP contribution in [-0.4, -0.2) is 41.9 Å². The highest BCUT2D eigenvalue weighted by atomic mass is 35.5. The van der Waals surface area contributed by atoms with Gasteiger partial charge in [0.2, 0.25) is 0 Å². The predicted octanol–water partition coefficient (Wildman–Crippen LogP) is 0.630. The second kappa shape index (κ2) is 4.52. The molecule has 0 saturated carbocycles. The molecular weight excluding hydrogens is 182 g/mol. The number of nitrogens with zero attached hydrogens (tertiary/aromatic N) is 1. The molecule has 1 amide bonds. The van der Waals surface area contributed by atoms with E-state index in [1.165, 1.54) is 12.0 Å². The van der Waals surface area contributed by atoms with Gasteiger partial charge in [0, 0.05) is 6.04 Å². The molecule has 1 N–H and O–H groups in total. The molecule has 0 aromatic heterocycles. The summed E-state index contributed by atoms with van der Waals surface area (Å²) in [7, 11) is 1.35. The number of aliphatic hydroxyl groups is 1. The molecule has 0 aromatic rings. The monoisotopic (exact) mass is 195 g/mol. The third kappa shape index (κ3) is 2.25. The van der Waals surface area contributed by atoms with Crippen LogP contribution in [0, 0.1) is 0 Å². The third-order valence-electron chi connectivity index (χ3n) is 1.96. The van der Waals surface area contributed by atoms with E-state index >= 15 is 0 Å². The van der Waals surface area contributed by atoms with Crippen LogP contribution in [-0.2, 0) is 4.74 Å². The van der Waals surface area contributed by atoms with E-state index in [1.807, 2.05) is 6.92 Å². The first-order chi connectivity index (χ1) is 5.15. The second-order valence-corrected chi connectivity index (χ2v) is 2.86. The summed E-state index contributed by atoms with van der Waals surface area (Å²) in [4.78, 5) is 12.5. The number of rotatable bonds is 0. The molecule has 1 saturated heterocycles. The Kier molecular flexibility index (Phi) is 4.34. The van der Waals surface area contributed by atoms with Crippen LogP contribution in [0.5, 0.6) is 0 Å². The lowest BCUT2D eigenvalue weighted by atomic mass is 10.2. The van der Waals surface area contributed by atoms with Crippen molar-refractivity contribution in [2.75, 3.05) is 13.7 Å². The van der Waals surface area contributed by atoms with E-state index in [0.29, 0.717) is 13.0 Å². The molecule has 12 heavy (non-hydrogen) atoms. The topological polar surface area (TPSA) is 49.8 Å². The average Bonchev–Trinajstić information content (AvgIpc) is 2.28. The number of β-amino-alcohol motifs (C(OH)–C–C–N with tert-alkyl or cyclic N) is 1. The highest BCUT2D eigenvalue weighted by Crippen LogP contribution is 2.17. The molecule has 1 fully saturated rings. The molecule has 0 aromatic carbocycles. The number of hydrogen-bond acceptors (Lipinski definition) is 3. The molecule has 0 aliphatic carbocycles.